The molecule has 0 bridgehead atoms. The van der Waals surface area contributed by atoms with Crippen molar-refractivity contribution < 1.29 is 29.3 Å². The number of ether oxygens (including phenoxy) is 1. The first-order valence-electron chi connectivity index (χ1n) is 8.97. The van der Waals surface area contributed by atoms with Crippen LogP contribution in [0.5, 0.6) is 0 Å². The average molecular weight is 463 g/mol. The van der Waals surface area contributed by atoms with Crippen LogP contribution in [0.25, 0.3) is 5.57 Å². The highest BCUT2D eigenvalue weighted by Gasteiger charge is 2.46. The summed E-state index contributed by atoms with van der Waals surface area (Å²) in [6.07, 6.45) is 1.25. The quantitative estimate of drug-likeness (QED) is 0.566. The second-order valence-electron chi connectivity index (χ2n) is 6.42. The predicted molar refractivity (Wildman–Crippen MR) is 114 cm³/mol. The minimum absolute atomic E-state index is 0.0485. The maximum Gasteiger partial charge on any atom is 0.411 e. The molecule has 0 radical (unpaired) electrons. The Hall–Kier alpha value is -3.36. The van der Waals surface area contributed by atoms with Gasteiger partial charge in [0.15, 0.2) is 0 Å². The van der Waals surface area contributed by atoms with E-state index in [1.54, 1.807) is 13.0 Å². The molecule has 1 aliphatic heterocycles. The van der Waals surface area contributed by atoms with Crippen molar-refractivity contribution in [3.63, 3.8) is 0 Å². The Morgan fingerprint density at radius 3 is 2.58 bits per heavy atom. The number of amides is 1. The van der Waals surface area contributed by atoms with E-state index in [1.807, 2.05) is 0 Å². The Morgan fingerprint density at radius 1 is 1.19 bits per heavy atom. The number of hydrogen-bond donors (Lipinski definition) is 3. The minimum atomic E-state index is -2.02. The molecular weight excluding hydrogens is 447 g/mol. The van der Waals surface area contributed by atoms with E-state index in [2.05, 4.69) is 10.3 Å². The second-order valence-corrected chi connectivity index (χ2v) is 7.26. The molecule has 0 saturated heterocycles. The van der Waals surface area contributed by atoms with E-state index in [0.717, 1.165) is 12.2 Å². The lowest BCUT2D eigenvalue weighted by molar-refractivity contribution is -0.141. The fourth-order valence-corrected chi connectivity index (χ4v) is 3.89. The molecule has 0 saturated carbocycles. The fourth-order valence-electron chi connectivity index (χ4n) is 3.31. The van der Waals surface area contributed by atoms with Gasteiger partial charge in [0.25, 0.3) is 0 Å². The monoisotopic (exact) mass is 462 g/mol. The van der Waals surface area contributed by atoms with Crippen LogP contribution in [0.2, 0.25) is 10.0 Å². The van der Waals surface area contributed by atoms with Crippen molar-refractivity contribution in [2.24, 2.45) is 4.99 Å². The lowest BCUT2D eigenvalue weighted by Gasteiger charge is -2.25. The normalized spacial score (nSPS) is 17.2. The van der Waals surface area contributed by atoms with E-state index in [-0.39, 0.29) is 44.1 Å². The number of halogens is 2. The molecule has 3 N–H and O–H groups in total. The zero-order valence-electron chi connectivity index (χ0n) is 16.1. The summed E-state index contributed by atoms with van der Waals surface area (Å²) in [7, 11) is 0. The van der Waals surface area contributed by atoms with Gasteiger partial charge in [-0.25, -0.2) is 14.4 Å². The second kappa shape index (κ2) is 8.79. The Bertz CT molecular complexity index is 1240. The maximum absolute atomic E-state index is 12.6. The van der Waals surface area contributed by atoms with E-state index < -0.39 is 23.6 Å². The molecule has 1 heterocycles. The zero-order valence-corrected chi connectivity index (χ0v) is 17.6. The molecule has 2 aromatic carbocycles. The maximum atomic E-state index is 12.6. The number of benzene rings is 2. The standard InChI is InChI=1S/C21H16Cl2N2O6/c1-2-31-20(30)24-13-5-3-4-11(8-13)21(19(28)29)14(6-7-17(26)27)18-15(23)9-12(22)10-16(18)25-21/h3-10H,2H2,1H3,(H,24,30)(H,26,27)(H,28,29)/b7-6-. The highest BCUT2D eigenvalue weighted by Crippen LogP contribution is 2.38. The van der Waals surface area contributed by atoms with Gasteiger partial charge < -0.3 is 14.9 Å². The largest absolute Gasteiger partial charge is 0.479 e. The van der Waals surface area contributed by atoms with Crippen molar-refractivity contribution in [2.75, 3.05) is 11.9 Å². The summed E-state index contributed by atoms with van der Waals surface area (Å²) in [5.74, 6) is -2.64. The zero-order chi connectivity index (χ0) is 22.8. The van der Waals surface area contributed by atoms with Crippen molar-refractivity contribution in [3.8, 4) is 0 Å². The van der Waals surface area contributed by atoms with Crippen LogP contribution in [0.4, 0.5) is 10.5 Å². The lowest BCUT2D eigenvalue weighted by Crippen LogP contribution is -2.35. The van der Waals surface area contributed by atoms with Crippen LogP contribution in [0.1, 0.15) is 12.5 Å². The molecule has 0 aromatic heterocycles. The molecule has 0 spiro atoms. The fraction of sp³-hybridized carbons (Fsp3) is 0.143. The van der Waals surface area contributed by atoms with Crippen molar-refractivity contribution in [1.82, 2.24) is 0 Å². The molecule has 160 valence electrons. The summed E-state index contributed by atoms with van der Waals surface area (Å²) in [4.78, 5) is 39.9. The molecule has 8 nitrogen and oxygen atoms in total. The van der Waals surface area contributed by atoms with Gasteiger partial charge in [0.05, 0.1) is 17.0 Å². The van der Waals surface area contributed by atoms with Gasteiger partial charge in [-0.15, -0.1) is 0 Å². The first kappa shape index (κ1) is 22.3. The van der Waals surface area contributed by atoms with Crippen LogP contribution in [0.15, 0.2) is 53.5 Å². The molecule has 31 heavy (non-hydrogen) atoms. The number of rotatable bonds is 6. The number of carbonyl (C=O) groups is 3. The third-order valence-electron chi connectivity index (χ3n) is 4.49. The molecule has 1 unspecified atom stereocenters. The molecule has 1 atom stereocenters. The van der Waals surface area contributed by atoms with Crippen LogP contribution in [-0.2, 0) is 19.9 Å². The Morgan fingerprint density at radius 2 is 1.94 bits per heavy atom. The number of carboxylic acids is 2. The SMILES string of the molecule is CCOC(=O)Nc1cccc(C2(C(=O)O)N=c3cc(Cl)cc(Cl)c3=C2/C=C\C(=O)O)c1. The highest BCUT2D eigenvalue weighted by atomic mass is 35.5. The molecule has 1 aliphatic rings. The molecule has 0 aliphatic carbocycles. The first-order valence-corrected chi connectivity index (χ1v) is 9.73. The third-order valence-corrected chi connectivity index (χ3v) is 5.00. The van der Waals surface area contributed by atoms with Gasteiger partial charge in [-0.2, -0.15) is 0 Å². The van der Waals surface area contributed by atoms with Crippen LogP contribution in [-0.4, -0.2) is 34.9 Å². The molecule has 10 heteroatoms. The first-order chi connectivity index (χ1) is 14.7. The average Bonchev–Trinajstić information content (AvgIpc) is 3.02. The number of fused-ring (bicyclic) bond motifs is 1. The molecule has 1 amide bonds. The summed E-state index contributed by atoms with van der Waals surface area (Å²) >= 11 is 12.4. The topological polar surface area (TPSA) is 125 Å². The number of carboxylic acid groups (broad SMARTS) is 2. The van der Waals surface area contributed by atoms with Crippen LogP contribution in [0.3, 0.4) is 0 Å². The van der Waals surface area contributed by atoms with Gasteiger partial charge in [0.1, 0.15) is 0 Å². The highest BCUT2D eigenvalue weighted by molar-refractivity contribution is 6.34. The van der Waals surface area contributed by atoms with Gasteiger partial charge in [-0.05, 0) is 42.8 Å². The van der Waals surface area contributed by atoms with E-state index in [1.165, 1.54) is 30.3 Å². The van der Waals surface area contributed by atoms with Crippen molar-refractivity contribution in [1.29, 1.82) is 0 Å². The van der Waals surface area contributed by atoms with Gasteiger partial charge in [0, 0.05) is 27.6 Å². The van der Waals surface area contributed by atoms with Crippen molar-refractivity contribution in [2.45, 2.75) is 12.5 Å². The van der Waals surface area contributed by atoms with Crippen LogP contribution in [0, 0.1) is 0 Å². The molecule has 3 rings (SSSR count). The van der Waals surface area contributed by atoms with Gasteiger partial charge in [-0.1, -0.05) is 35.3 Å². The summed E-state index contributed by atoms with van der Waals surface area (Å²) in [5, 5.41) is 22.7. The number of anilines is 1. The lowest BCUT2D eigenvalue weighted by atomic mass is 9.82. The molecule has 0 fully saturated rings. The molecule has 2 aromatic rings. The Kier molecular flexibility index (Phi) is 6.33. The summed E-state index contributed by atoms with van der Waals surface area (Å²) < 4.78 is 4.85. The summed E-state index contributed by atoms with van der Waals surface area (Å²) in [5.41, 5.74) is -1.53. The van der Waals surface area contributed by atoms with E-state index in [0.29, 0.717) is 0 Å². The van der Waals surface area contributed by atoms with Gasteiger partial charge in [0.2, 0.25) is 5.54 Å². The van der Waals surface area contributed by atoms with Crippen molar-refractivity contribution >= 4 is 52.5 Å². The number of carbonyl (C=O) groups excluding carboxylic acids is 1. The number of nitrogens with one attached hydrogen (secondary N) is 1. The van der Waals surface area contributed by atoms with E-state index in [9.17, 15) is 19.5 Å². The summed E-state index contributed by atoms with van der Waals surface area (Å²) in [6.45, 7) is 1.81. The van der Waals surface area contributed by atoms with E-state index >= 15 is 0 Å². The van der Waals surface area contributed by atoms with Crippen LogP contribution >= 0.6 is 23.2 Å². The molecular formula is C21H16Cl2N2O6. The van der Waals surface area contributed by atoms with E-state index in [4.69, 9.17) is 33.0 Å². The van der Waals surface area contributed by atoms with Crippen LogP contribution < -0.4 is 15.9 Å². The number of aliphatic carboxylic acids is 2. The minimum Gasteiger partial charge on any atom is -0.479 e. The van der Waals surface area contributed by atoms with Crippen molar-refractivity contribution in [3.05, 3.63) is 74.7 Å². The smallest absolute Gasteiger partial charge is 0.411 e. The number of hydrogen-bond acceptors (Lipinski definition) is 5. The van der Waals surface area contributed by atoms with Gasteiger partial charge in [-0.3, -0.25) is 10.3 Å². The summed E-state index contributed by atoms with van der Waals surface area (Å²) in [6, 6.07) is 8.88. The van der Waals surface area contributed by atoms with Gasteiger partial charge >= 0.3 is 18.0 Å². The Labute approximate surface area is 186 Å². The third kappa shape index (κ3) is 4.26. The Balaban J connectivity index is 2.30. The number of nitrogens with zero attached hydrogens (tertiary/aromatic N) is 1. The predicted octanol–water partition coefficient (Wildman–Crippen LogP) is 2.97.